The van der Waals surface area contributed by atoms with Gasteiger partial charge in [0.2, 0.25) is 0 Å². The number of anilines is 2. The molecule has 0 bridgehead atoms. The fourth-order valence-electron chi connectivity index (χ4n) is 7.39. The molecular formula is C45H45N9O4. The predicted molar refractivity (Wildman–Crippen MR) is 226 cm³/mol. The molecule has 2 atom stereocenters. The Morgan fingerprint density at radius 3 is 1.84 bits per heavy atom. The predicted octanol–water partition coefficient (Wildman–Crippen LogP) is 7.06. The zero-order valence-corrected chi connectivity index (χ0v) is 32.4. The summed E-state index contributed by atoms with van der Waals surface area (Å²) < 4.78 is 5.34. The maximum Gasteiger partial charge on any atom is 0.407 e. The molecule has 0 unspecified atom stereocenters. The quantitative estimate of drug-likeness (QED) is 0.130. The zero-order chi connectivity index (χ0) is 40.2. The highest BCUT2D eigenvalue weighted by Gasteiger charge is 2.28. The number of hydrogen-bond acceptors (Lipinski definition) is 12. The van der Waals surface area contributed by atoms with Gasteiger partial charge in [-0.25, -0.2) is 24.7 Å². The van der Waals surface area contributed by atoms with E-state index in [1.165, 1.54) is 0 Å². The molecule has 9 rings (SSSR count). The number of carbonyl (C=O) groups is 1. The average Bonchev–Trinajstić information content (AvgIpc) is 3.89. The van der Waals surface area contributed by atoms with Crippen LogP contribution in [0.5, 0.6) is 11.5 Å². The molecule has 0 radical (unpaired) electrons. The minimum atomic E-state index is -0.450. The Hall–Kier alpha value is -6.86. The van der Waals surface area contributed by atoms with Gasteiger partial charge in [0.1, 0.15) is 29.7 Å². The first kappa shape index (κ1) is 38.0. The fourth-order valence-corrected chi connectivity index (χ4v) is 7.39. The minimum absolute atomic E-state index is 0.0644. The van der Waals surface area contributed by atoms with Crippen LogP contribution in [0.25, 0.3) is 44.6 Å². The summed E-state index contributed by atoms with van der Waals surface area (Å²) in [4.78, 5) is 39.7. The third kappa shape index (κ3) is 8.44. The molecule has 4 aromatic carbocycles. The number of pyridine rings is 1. The Kier molecular flexibility index (Phi) is 11.0. The van der Waals surface area contributed by atoms with Crippen molar-refractivity contribution >= 4 is 39.5 Å². The molecule has 13 nitrogen and oxygen atoms in total. The number of amides is 1. The van der Waals surface area contributed by atoms with Crippen LogP contribution in [0.3, 0.4) is 0 Å². The van der Waals surface area contributed by atoms with Crippen molar-refractivity contribution in [3.63, 3.8) is 0 Å². The Labute approximate surface area is 336 Å². The number of phenols is 2. The third-order valence-corrected chi connectivity index (χ3v) is 10.4. The van der Waals surface area contributed by atoms with E-state index in [0.717, 1.165) is 82.6 Å². The molecule has 2 fully saturated rings. The van der Waals surface area contributed by atoms with Gasteiger partial charge >= 0.3 is 6.09 Å². The van der Waals surface area contributed by atoms with E-state index in [-0.39, 0.29) is 30.2 Å². The van der Waals surface area contributed by atoms with E-state index in [1.54, 1.807) is 36.7 Å². The van der Waals surface area contributed by atoms with Crippen molar-refractivity contribution < 1.29 is 19.7 Å². The van der Waals surface area contributed by atoms with E-state index in [0.29, 0.717) is 29.3 Å². The van der Waals surface area contributed by atoms with E-state index in [1.807, 2.05) is 68.4 Å². The van der Waals surface area contributed by atoms with Gasteiger partial charge in [-0.2, -0.15) is 0 Å². The lowest BCUT2D eigenvalue weighted by atomic mass is 10.1. The van der Waals surface area contributed by atoms with Gasteiger partial charge in [-0.3, -0.25) is 4.98 Å². The number of aromatic nitrogens is 5. The monoisotopic (exact) mass is 775 g/mol. The van der Waals surface area contributed by atoms with Crippen molar-refractivity contribution in [1.82, 2.24) is 30.2 Å². The lowest BCUT2D eigenvalue weighted by molar-refractivity contribution is 0.136. The van der Waals surface area contributed by atoms with Crippen molar-refractivity contribution in [2.45, 2.75) is 45.4 Å². The number of alkyl carbamates (subject to hydrolysis) is 1. The van der Waals surface area contributed by atoms with E-state index < -0.39 is 6.09 Å². The smallest absolute Gasteiger partial charge is 0.407 e. The number of ether oxygens (including phenoxy) is 1. The van der Waals surface area contributed by atoms with Crippen molar-refractivity contribution in [2.75, 3.05) is 36.0 Å². The van der Waals surface area contributed by atoms with Gasteiger partial charge in [0, 0.05) is 61.0 Å². The van der Waals surface area contributed by atoms with Crippen LogP contribution in [0.2, 0.25) is 0 Å². The molecule has 7 aromatic rings. The molecular weight excluding hydrogens is 731 g/mol. The molecule has 0 spiro atoms. The number of phenolic OH excluding ortho intramolecular Hbond substituents is 2. The standard InChI is InChI=1S/C26H25N5O3.C19H20N4O/c1-17-8-9-20-22(13-17)29-24(21-6-2-3-7-23(21)32)30-25(20)31-12-10-19(15-31)28-26(33)34-16-18-5-4-11-27-14-18;1-12-6-7-14-16(10-12)21-18(15-4-2-3-5-17(15)24)22-19(14)23-9-8-13(20)11-23/h2-9,11,13-14,19,32H,10,12,15-16H2,1H3,(H,28,33);2-7,10,13,24H,8-9,11,20H2,1H3/t19-;13-/m11/s1. The van der Waals surface area contributed by atoms with E-state index >= 15 is 0 Å². The SMILES string of the molecule is Cc1ccc2c(N3CC[C@@H](N)C3)nc(-c3ccccc3O)nc2c1.Cc1ccc2c(N3CC[C@@H](NC(=O)OCc4cccnc4)C3)nc(-c3ccccc3O)nc2c1. The number of nitrogens with one attached hydrogen (secondary N) is 1. The summed E-state index contributed by atoms with van der Waals surface area (Å²) in [5.74, 6) is 3.02. The second kappa shape index (κ2) is 16.7. The van der Waals surface area contributed by atoms with Gasteiger partial charge in [-0.05, 0) is 92.4 Å². The van der Waals surface area contributed by atoms with Crippen LogP contribution in [0.15, 0.2) is 109 Å². The van der Waals surface area contributed by atoms with Crippen molar-refractivity contribution in [1.29, 1.82) is 0 Å². The average molecular weight is 776 g/mol. The van der Waals surface area contributed by atoms with E-state index in [4.69, 9.17) is 25.4 Å². The highest BCUT2D eigenvalue weighted by atomic mass is 16.5. The van der Waals surface area contributed by atoms with Crippen LogP contribution < -0.4 is 20.9 Å². The van der Waals surface area contributed by atoms with Gasteiger partial charge < -0.3 is 35.8 Å². The lowest BCUT2D eigenvalue weighted by Gasteiger charge is -2.21. The highest BCUT2D eigenvalue weighted by Crippen LogP contribution is 2.35. The highest BCUT2D eigenvalue weighted by molar-refractivity contribution is 5.93. The molecule has 13 heteroatoms. The van der Waals surface area contributed by atoms with Crippen LogP contribution in [0.1, 0.15) is 29.5 Å². The number of nitrogens with zero attached hydrogens (tertiary/aromatic N) is 7. The molecule has 294 valence electrons. The lowest BCUT2D eigenvalue weighted by Crippen LogP contribution is -2.37. The summed E-state index contributed by atoms with van der Waals surface area (Å²) >= 11 is 0. The second-order valence-electron chi connectivity index (χ2n) is 14.8. The van der Waals surface area contributed by atoms with E-state index in [9.17, 15) is 15.0 Å². The van der Waals surface area contributed by atoms with Gasteiger partial charge in [0.15, 0.2) is 11.6 Å². The van der Waals surface area contributed by atoms with Crippen LogP contribution in [0, 0.1) is 13.8 Å². The van der Waals surface area contributed by atoms with Gasteiger partial charge in [0.05, 0.1) is 28.2 Å². The summed E-state index contributed by atoms with van der Waals surface area (Å²) in [6, 6.07) is 30.3. The number of rotatable bonds is 7. The molecule has 0 aliphatic carbocycles. The molecule has 2 aliphatic heterocycles. The molecule has 2 saturated heterocycles. The Morgan fingerprint density at radius 1 is 0.741 bits per heavy atom. The number of fused-ring (bicyclic) bond motifs is 2. The Bertz CT molecular complexity index is 2590. The molecule has 2 aliphatic rings. The topological polar surface area (TPSA) is 176 Å². The second-order valence-corrected chi connectivity index (χ2v) is 14.8. The molecule has 0 saturated carbocycles. The summed E-state index contributed by atoms with van der Waals surface area (Å²) in [7, 11) is 0. The summed E-state index contributed by atoms with van der Waals surface area (Å²) in [6.07, 6.45) is 4.64. The maximum atomic E-state index is 12.3. The molecule has 58 heavy (non-hydrogen) atoms. The third-order valence-electron chi connectivity index (χ3n) is 10.4. The Morgan fingerprint density at radius 2 is 1.31 bits per heavy atom. The van der Waals surface area contributed by atoms with Crippen molar-refractivity contribution in [3.05, 3.63) is 126 Å². The number of benzene rings is 4. The van der Waals surface area contributed by atoms with E-state index in [2.05, 4.69) is 43.3 Å². The first-order valence-corrected chi connectivity index (χ1v) is 19.4. The van der Waals surface area contributed by atoms with Crippen LogP contribution in [-0.2, 0) is 11.3 Å². The molecule has 5 N–H and O–H groups in total. The van der Waals surface area contributed by atoms with Gasteiger partial charge in [0.25, 0.3) is 0 Å². The molecule has 1 amide bonds. The van der Waals surface area contributed by atoms with Crippen molar-refractivity contribution in [3.8, 4) is 34.3 Å². The van der Waals surface area contributed by atoms with Gasteiger partial charge in [-0.15, -0.1) is 0 Å². The minimum Gasteiger partial charge on any atom is -0.507 e. The number of hydrogen-bond donors (Lipinski definition) is 4. The maximum absolute atomic E-state index is 12.3. The van der Waals surface area contributed by atoms with Gasteiger partial charge in [-0.1, -0.05) is 42.5 Å². The molecule has 5 heterocycles. The number of carbonyl (C=O) groups excluding carboxylic acids is 1. The van der Waals surface area contributed by atoms with Crippen LogP contribution in [-0.4, -0.2) is 79.5 Å². The molecule has 3 aromatic heterocycles. The summed E-state index contributed by atoms with van der Waals surface area (Å²) in [5.41, 5.74) is 12.1. The number of para-hydroxylation sites is 2. The summed E-state index contributed by atoms with van der Waals surface area (Å²) in [5, 5.41) is 25.4. The number of nitrogens with two attached hydrogens (primary N) is 1. The first-order valence-electron chi connectivity index (χ1n) is 19.4. The summed E-state index contributed by atoms with van der Waals surface area (Å²) in [6.45, 7) is 7.26. The van der Waals surface area contributed by atoms with Crippen molar-refractivity contribution in [2.24, 2.45) is 5.73 Å². The fraction of sp³-hybridized carbons (Fsp3) is 0.244. The Balaban J connectivity index is 0.000000172. The normalized spacial score (nSPS) is 16.3. The first-order chi connectivity index (χ1) is 28.2. The largest absolute Gasteiger partial charge is 0.507 e. The number of aromatic hydroxyl groups is 2. The zero-order valence-electron chi connectivity index (χ0n) is 32.4. The number of aryl methyl sites for hydroxylation is 2. The van der Waals surface area contributed by atoms with Crippen LogP contribution >= 0.6 is 0 Å². The van der Waals surface area contributed by atoms with Crippen LogP contribution in [0.4, 0.5) is 16.4 Å².